The summed E-state index contributed by atoms with van der Waals surface area (Å²) in [5.41, 5.74) is 2.11. The molecule has 0 atom stereocenters. The summed E-state index contributed by atoms with van der Waals surface area (Å²) >= 11 is 0. The number of carbonyl (C=O) groups excluding carboxylic acids is 2. The fourth-order valence-corrected chi connectivity index (χ4v) is 4.50. The first-order valence-electron chi connectivity index (χ1n) is 10.6. The van der Waals surface area contributed by atoms with Crippen molar-refractivity contribution in [3.05, 3.63) is 59.7 Å². The Morgan fingerprint density at radius 1 is 0.968 bits per heavy atom. The highest BCUT2D eigenvalue weighted by Gasteiger charge is 2.27. The number of aryl methyl sites for hydroxylation is 1. The lowest BCUT2D eigenvalue weighted by molar-refractivity contribution is -0.116. The second kappa shape index (κ2) is 10.1. The van der Waals surface area contributed by atoms with Gasteiger partial charge in [0.05, 0.1) is 4.90 Å². The van der Waals surface area contributed by atoms with Crippen LogP contribution in [0.2, 0.25) is 0 Å². The van der Waals surface area contributed by atoms with Gasteiger partial charge in [0.25, 0.3) is 5.91 Å². The molecule has 3 rings (SSSR count). The number of nitrogens with zero attached hydrogens (tertiary/aromatic N) is 1. The predicted molar refractivity (Wildman–Crippen MR) is 120 cm³/mol. The zero-order chi connectivity index (χ0) is 22.4. The van der Waals surface area contributed by atoms with Gasteiger partial charge in [0, 0.05) is 36.8 Å². The molecule has 1 aliphatic rings. The molecule has 1 fully saturated rings. The number of anilines is 1. The van der Waals surface area contributed by atoms with Crippen molar-refractivity contribution in [2.45, 2.75) is 50.5 Å². The molecule has 1 aliphatic carbocycles. The average molecular weight is 444 g/mol. The Hall–Kier alpha value is -2.71. The number of nitrogens with one attached hydrogen (secondary N) is 2. The van der Waals surface area contributed by atoms with Gasteiger partial charge < -0.3 is 10.2 Å². The van der Waals surface area contributed by atoms with Crippen LogP contribution < -0.4 is 10.0 Å². The minimum Gasteiger partial charge on any atom is -0.339 e. The summed E-state index contributed by atoms with van der Waals surface area (Å²) in [6, 6.07) is 13.6. The lowest BCUT2D eigenvalue weighted by Gasteiger charge is -2.18. The fourth-order valence-electron chi connectivity index (χ4n) is 3.19. The van der Waals surface area contributed by atoms with Gasteiger partial charge in [0.1, 0.15) is 0 Å². The van der Waals surface area contributed by atoms with Crippen molar-refractivity contribution in [2.24, 2.45) is 0 Å². The zero-order valence-electron chi connectivity index (χ0n) is 17.9. The highest BCUT2D eigenvalue weighted by molar-refractivity contribution is 7.89. The van der Waals surface area contributed by atoms with E-state index in [1.165, 1.54) is 0 Å². The van der Waals surface area contributed by atoms with Crippen LogP contribution in [-0.2, 0) is 21.2 Å². The van der Waals surface area contributed by atoms with E-state index in [4.69, 9.17) is 0 Å². The summed E-state index contributed by atoms with van der Waals surface area (Å²) in [6.45, 7) is 5.18. The third-order valence-electron chi connectivity index (χ3n) is 5.24. The van der Waals surface area contributed by atoms with Crippen molar-refractivity contribution in [1.82, 2.24) is 9.62 Å². The Labute approximate surface area is 183 Å². The van der Waals surface area contributed by atoms with Crippen molar-refractivity contribution in [2.75, 3.05) is 18.4 Å². The maximum atomic E-state index is 12.3. The van der Waals surface area contributed by atoms with Crippen LogP contribution in [0, 0.1) is 0 Å². The van der Waals surface area contributed by atoms with Crippen LogP contribution in [0.4, 0.5) is 5.69 Å². The van der Waals surface area contributed by atoms with Gasteiger partial charge in [0.15, 0.2) is 0 Å². The minimum absolute atomic E-state index is 0.0272. The number of sulfonamides is 1. The molecule has 0 bridgehead atoms. The van der Waals surface area contributed by atoms with Crippen LogP contribution in [0.25, 0.3) is 0 Å². The molecule has 31 heavy (non-hydrogen) atoms. The van der Waals surface area contributed by atoms with Crippen LogP contribution in [0.1, 0.15) is 49.0 Å². The molecule has 8 heteroatoms. The lowest BCUT2D eigenvalue weighted by Crippen LogP contribution is -2.30. The number of carbonyl (C=O) groups is 2. The van der Waals surface area contributed by atoms with Gasteiger partial charge in [-0.15, -0.1) is 0 Å². The molecular formula is C23H29N3O4S. The van der Waals surface area contributed by atoms with E-state index in [9.17, 15) is 18.0 Å². The van der Waals surface area contributed by atoms with Gasteiger partial charge in [-0.2, -0.15) is 0 Å². The van der Waals surface area contributed by atoms with E-state index in [-0.39, 0.29) is 29.2 Å². The Bertz CT molecular complexity index is 1010. The maximum Gasteiger partial charge on any atom is 0.253 e. The number of hydrogen-bond acceptors (Lipinski definition) is 4. The summed E-state index contributed by atoms with van der Waals surface area (Å²) in [6.07, 6.45) is 2.55. The van der Waals surface area contributed by atoms with E-state index >= 15 is 0 Å². The Morgan fingerprint density at radius 3 is 2.13 bits per heavy atom. The van der Waals surface area contributed by atoms with E-state index in [1.54, 1.807) is 53.4 Å². The monoisotopic (exact) mass is 443 g/mol. The van der Waals surface area contributed by atoms with Gasteiger partial charge in [-0.1, -0.05) is 12.1 Å². The first-order chi connectivity index (χ1) is 14.8. The number of amides is 2. The van der Waals surface area contributed by atoms with Crippen LogP contribution in [0.3, 0.4) is 0 Å². The molecule has 0 heterocycles. The van der Waals surface area contributed by atoms with Crippen LogP contribution >= 0.6 is 0 Å². The number of benzene rings is 2. The van der Waals surface area contributed by atoms with Crippen molar-refractivity contribution in [3.8, 4) is 0 Å². The molecule has 2 N–H and O–H groups in total. The normalized spacial score (nSPS) is 13.6. The molecule has 0 spiro atoms. The summed E-state index contributed by atoms with van der Waals surface area (Å²) in [7, 11) is -3.46. The van der Waals surface area contributed by atoms with Crippen molar-refractivity contribution >= 4 is 27.5 Å². The molecule has 0 aliphatic heterocycles. The molecule has 0 unspecified atom stereocenters. The number of hydrogen-bond donors (Lipinski definition) is 2. The molecule has 1 saturated carbocycles. The van der Waals surface area contributed by atoms with Gasteiger partial charge in [-0.05, 0) is 75.1 Å². The maximum absolute atomic E-state index is 12.3. The molecule has 0 radical (unpaired) electrons. The molecule has 7 nitrogen and oxygen atoms in total. The molecule has 2 amide bonds. The molecule has 0 saturated heterocycles. The molecule has 0 aromatic heterocycles. The van der Waals surface area contributed by atoms with Crippen LogP contribution in [0.15, 0.2) is 53.4 Å². The fraction of sp³-hybridized carbons (Fsp3) is 0.391. The third kappa shape index (κ3) is 6.38. The summed E-state index contributed by atoms with van der Waals surface area (Å²) in [5, 5.41) is 2.83. The quantitative estimate of drug-likeness (QED) is 0.590. The van der Waals surface area contributed by atoms with E-state index in [0.29, 0.717) is 30.8 Å². The Balaban J connectivity index is 1.50. The second-order valence-electron chi connectivity index (χ2n) is 7.64. The SMILES string of the molecule is CCN(CC)C(=O)c1ccc(NC(=O)CCc2ccc(S(=O)(=O)NC3CC3)cc2)cc1. The van der Waals surface area contributed by atoms with Gasteiger partial charge in [0.2, 0.25) is 15.9 Å². The molecule has 2 aromatic rings. The smallest absolute Gasteiger partial charge is 0.253 e. The average Bonchev–Trinajstić information content (AvgIpc) is 3.57. The van der Waals surface area contributed by atoms with Crippen LogP contribution in [0.5, 0.6) is 0 Å². The standard InChI is InChI=1S/C23H29N3O4S/c1-3-26(4-2)23(28)18-8-10-19(11-9-18)24-22(27)16-7-17-5-14-21(15-6-17)31(29,30)25-20-12-13-20/h5-6,8-11,14-15,20,25H,3-4,7,12-13,16H2,1-2H3,(H,24,27). The summed E-state index contributed by atoms with van der Waals surface area (Å²) in [5.74, 6) is -0.171. The van der Waals surface area contributed by atoms with Gasteiger partial charge >= 0.3 is 0 Å². The first-order valence-corrected chi connectivity index (χ1v) is 12.1. The molecule has 2 aromatic carbocycles. The molecular weight excluding hydrogens is 414 g/mol. The lowest BCUT2D eigenvalue weighted by atomic mass is 10.1. The van der Waals surface area contributed by atoms with Gasteiger partial charge in [-0.25, -0.2) is 13.1 Å². The Kier molecular flexibility index (Phi) is 7.46. The summed E-state index contributed by atoms with van der Waals surface area (Å²) in [4.78, 5) is 26.6. The molecule has 166 valence electrons. The highest BCUT2D eigenvalue weighted by atomic mass is 32.2. The predicted octanol–water partition coefficient (Wildman–Crippen LogP) is 3.18. The van der Waals surface area contributed by atoms with E-state index in [1.807, 2.05) is 13.8 Å². The first kappa shape index (κ1) is 23.0. The van der Waals surface area contributed by atoms with Gasteiger partial charge in [-0.3, -0.25) is 9.59 Å². The van der Waals surface area contributed by atoms with Crippen LogP contribution in [-0.4, -0.2) is 44.3 Å². The topological polar surface area (TPSA) is 95.6 Å². The summed E-state index contributed by atoms with van der Waals surface area (Å²) < 4.78 is 27.1. The number of rotatable bonds is 10. The van der Waals surface area contributed by atoms with Crippen molar-refractivity contribution in [1.29, 1.82) is 0 Å². The van der Waals surface area contributed by atoms with E-state index in [0.717, 1.165) is 18.4 Å². The minimum atomic E-state index is -3.46. The van der Waals surface area contributed by atoms with E-state index in [2.05, 4.69) is 10.0 Å². The van der Waals surface area contributed by atoms with Crippen molar-refractivity contribution < 1.29 is 18.0 Å². The van der Waals surface area contributed by atoms with Crippen molar-refractivity contribution in [3.63, 3.8) is 0 Å². The highest BCUT2D eigenvalue weighted by Crippen LogP contribution is 2.22. The second-order valence-corrected chi connectivity index (χ2v) is 9.36. The van der Waals surface area contributed by atoms with E-state index < -0.39 is 10.0 Å². The Morgan fingerprint density at radius 2 is 1.58 bits per heavy atom. The zero-order valence-corrected chi connectivity index (χ0v) is 18.7. The largest absolute Gasteiger partial charge is 0.339 e. The third-order valence-corrected chi connectivity index (χ3v) is 6.78.